The molecule has 2 atom stereocenters. The van der Waals surface area contributed by atoms with Crippen LogP contribution >= 0.6 is 0 Å². The van der Waals surface area contributed by atoms with Crippen LogP contribution in [0.2, 0.25) is 0 Å². The summed E-state index contributed by atoms with van der Waals surface area (Å²) in [6.45, 7) is 0. The fourth-order valence-electron chi connectivity index (χ4n) is 3.49. The molecule has 0 saturated heterocycles. The van der Waals surface area contributed by atoms with Gasteiger partial charge in [0.15, 0.2) is 0 Å². The highest BCUT2D eigenvalue weighted by molar-refractivity contribution is 5.79. The van der Waals surface area contributed by atoms with Gasteiger partial charge in [0.2, 0.25) is 0 Å². The van der Waals surface area contributed by atoms with Gasteiger partial charge in [-0.3, -0.25) is 9.59 Å². The minimum Gasteiger partial charge on any atom is -0.481 e. The first kappa shape index (κ1) is 19.0. The number of carbonyl (C=O) groups is 2. The van der Waals surface area contributed by atoms with E-state index in [0.717, 1.165) is 38.5 Å². The van der Waals surface area contributed by atoms with Crippen molar-refractivity contribution in [2.45, 2.75) is 89.9 Å². The maximum Gasteiger partial charge on any atom is 0.307 e. The van der Waals surface area contributed by atoms with E-state index in [-0.39, 0.29) is 0 Å². The van der Waals surface area contributed by atoms with E-state index >= 15 is 0 Å². The Kier molecular flexibility index (Phi) is 9.93. The summed E-state index contributed by atoms with van der Waals surface area (Å²) in [6.07, 6.45) is 14.7. The van der Waals surface area contributed by atoms with Crippen molar-refractivity contribution in [2.24, 2.45) is 11.8 Å². The summed E-state index contributed by atoms with van der Waals surface area (Å²) in [5.74, 6) is -3.31. The van der Waals surface area contributed by atoms with E-state index in [0.29, 0.717) is 12.8 Å². The maximum absolute atomic E-state index is 11.4. The molecular weight excluding hydrogens is 280 g/mol. The SMILES string of the molecule is O=C(O)C1CCCCCCCCCCCCCCC1C(=O)O. The first-order valence-electron chi connectivity index (χ1n) is 9.08. The van der Waals surface area contributed by atoms with E-state index in [4.69, 9.17) is 0 Å². The van der Waals surface area contributed by atoms with Crippen molar-refractivity contribution in [1.82, 2.24) is 0 Å². The molecule has 0 bridgehead atoms. The molecule has 22 heavy (non-hydrogen) atoms. The van der Waals surface area contributed by atoms with Gasteiger partial charge in [-0.25, -0.2) is 0 Å². The third-order valence-electron chi connectivity index (χ3n) is 4.90. The van der Waals surface area contributed by atoms with Gasteiger partial charge in [-0.15, -0.1) is 0 Å². The molecule has 0 spiro atoms. The predicted octanol–water partition coefficient (Wildman–Crippen LogP) is 4.86. The zero-order chi connectivity index (χ0) is 16.2. The van der Waals surface area contributed by atoms with Crippen LogP contribution in [0.4, 0.5) is 0 Å². The molecule has 0 aromatic carbocycles. The molecule has 128 valence electrons. The minimum absolute atomic E-state index is 0.506. The molecule has 4 nitrogen and oxygen atoms in total. The molecule has 1 rings (SSSR count). The second kappa shape index (κ2) is 11.5. The molecule has 0 aliphatic heterocycles. The van der Waals surface area contributed by atoms with Gasteiger partial charge in [0.05, 0.1) is 11.8 Å². The van der Waals surface area contributed by atoms with E-state index in [9.17, 15) is 19.8 Å². The summed E-state index contributed by atoms with van der Waals surface area (Å²) in [7, 11) is 0. The highest BCUT2D eigenvalue weighted by atomic mass is 16.4. The zero-order valence-corrected chi connectivity index (χ0v) is 13.8. The van der Waals surface area contributed by atoms with Crippen LogP contribution in [0, 0.1) is 11.8 Å². The molecule has 0 aromatic heterocycles. The fourth-order valence-corrected chi connectivity index (χ4v) is 3.49. The van der Waals surface area contributed by atoms with Crippen molar-refractivity contribution in [3.63, 3.8) is 0 Å². The van der Waals surface area contributed by atoms with Crippen molar-refractivity contribution >= 4 is 11.9 Å². The van der Waals surface area contributed by atoms with Crippen LogP contribution in [0.3, 0.4) is 0 Å². The summed E-state index contributed by atoms with van der Waals surface area (Å²) in [6, 6.07) is 0. The molecule has 0 radical (unpaired) electrons. The lowest BCUT2D eigenvalue weighted by atomic mass is 9.84. The zero-order valence-electron chi connectivity index (χ0n) is 13.8. The van der Waals surface area contributed by atoms with Crippen molar-refractivity contribution < 1.29 is 19.8 Å². The van der Waals surface area contributed by atoms with Crippen LogP contribution in [0.25, 0.3) is 0 Å². The van der Waals surface area contributed by atoms with Crippen LogP contribution in [-0.2, 0) is 9.59 Å². The van der Waals surface area contributed by atoms with Crippen LogP contribution < -0.4 is 0 Å². The summed E-state index contributed by atoms with van der Waals surface area (Å²) in [4.78, 5) is 22.9. The van der Waals surface area contributed by atoms with Crippen molar-refractivity contribution in [2.75, 3.05) is 0 Å². The predicted molar refractivity (Wildman–Crippen MR) is 86.9 cm³/mol. The lowest BCUT2D eigenvalue weighted by molar-refractivity contribution is -0.154. The van der Waals surface area contributed by atoms with Gasteiger partial charge >= 0.3 is 11.9 Å². The Hall–Kier alpha value is -1.06. The lowest BCUT2D eigenvalue weighted by Gasteiger charge is -2.20. The van der Waals surface area contributed by atoms with Crippen LogP contribution in [0.1, 0.15) is 89.9 Å². The van der Waals surface area contributed by atoms with Gasteiger partial charge in [-0.1, -0.05) is 77.0 Å². The van der Waals surface area contributed by atoms with Crippen molar-refractivity contribution in [3.05, 3.63) is 0 Å². The molecule has 1 aliphatic carbocycles. The van der Waals surface area contributed by atoms with Crippen LogP contribution in [0.5, 0.6) is 0 Å². The molecule has 0 heterocycles. The summed E-state index contributed by atoms with van der Waals surface area (Å²) in [5.41, 5.74) is 0. The summed E-state index contributed by atoms with van der Waals surface area (Å²) >= 11 is 0. The topological polar surface area (TPSA) is 74.6 Å². The second-order valence-corrected chi connectivity index (χ2v) is 6.71. The third-order valence-corrected chi connectivity index (χ3v) is 4.90. The highest BCUT2D eigenvalue weighted by Crippen LogP contribution is 2.26. The fraction of sp³-hybridized carbons (Fsp3) is 0.889. The van der Waals surface area contributed by atoms with Gasteiger partial charge < -0.3 is 10.2 Å². The largest absolute Gasteiger partial charge is 0.481 e. The number of carboxylic acid groups (broad SMARTS) is 2. The van der Waals surface area contributed by atoms with E-state index in [1.165, 1.54) is 38.5 Å². The average Bonchev–Trinajstić information content (AvgIpc) is 2.46. The van der Waals surface area contributed by atoms with Crippen LogP contribution in [0.15, 0.2) is 0 Å². The molecule has 2 N–H and O–H groups in total. The summed E-state index contributed by atoms with van der Waals surface area (Å²) < 4.78 is 0. The highest BCUT2D eigenvalue weighted by Gasteiger charge is 2.32. The van der Waals surface area contributed by atoms with Gasteiger partial charge in [0.1, 0.15) is 0 Å². The first-order valence-corrected chi connectivity index (χ1v) is 9.08. The smallest absolute Gasteiger partial charge is 0.307 e. The molecule has 0 aromatic rings. The van der Waals surface area contributed by atoms with Crippen molar-refractivity contribution in [3.8, 4) is 0 Å². The minimum atomic E-state index is -0.937. The number of rotatable bonds is 2. The monoisotopic (exact) mass is 312 g/mol. The van der Waals surface area contributed by atoms with E-state index in [1.807, 2.05) is 0 Å². The number of aliphatic carboxylic acids is 2. The number of hydrogen-bond acceptors (Lipinski definition) is 2. The molecule has 1 aliphatic rings. The van der Waals surface area contributed by atoms with E-state index < -0.39 is 23.8 Å². The lowest BCUT2D eigenvalue weighted by Crippen LogP contribution is -2.30. The second-order valence-electron chi connectivity index (χ2n) is 6.71. The first-order chi connectivity index (χ1) is 10.6. The number of carboxylic acids is 2. The van der Waals surface area contributed by atoms with Crippen LogP contribution in [-0.4, -0.2) is 22.2 Å². The Bertz CT molecular complexity index is 295. The summed E-state index contributed by atoms with van der Waals surface area (Å²) in [5, 5.41) is 18.8. The molecule has 0 amide bonds. The number of hydrogen-bond donors (Lipinski definition) is 2. The van der Waals surface area contributed by atoms with E-state index in [2.05, 4.69) is 0 Å². The maximum atomic E-state index is 11.4. The Morgan fingerprint density at radius 2 is 0.727 bits per heavy atom. The van der Waals surface area contributed by atoms with Gasteiger partial charge in [0, 0.05) is 0 Å². The van der Waals surface area contributed by atoms with Gasteiger partial charge in [0.25, 0.3) is 0 Å². The molecule has 4 heteroatoms. The Labute approximate surface area is 134 Å². The average molecular weight is 312 g/mol. The Balaban J connectivity index is 2.56. The van der Waals surface area contributed by atoms with E-state index in [1.54, 1.807) is 0 Å². The molecule has 1 fully saturated rings. The van der Waals surface area contributed by atoms with Crippen molar-refractivity contribution in [1.29, 1.82) is 0 Å². The van der Waals surface area contributed by atoms with Gasteiger partial charge in [-0.2, -0.15) is 0 Å². The van der Waals surface area contributed by atoms with Gasteiger partial charge in [-0.05, 0) is 12.8 Å². The third kappa shape index (κ3) is 7.81. The molecule has 1 saturated carbocycles. The standard InChI is InChI=1S/C18H32O4/c19-17(20)15-13-11-9-7-5-3-1-2-4-6-8-10-12-14-16(15)18(21)22/h15-16H,1-14H2,(H,19,20)(H,21,22). The molecule has 2 unspecified atom stereocenters. The Morgan fingerprint density at radius 3 is 0.955 bits per heavy atom. The normalized spacial score (nSPS) is 27.1. The quantitative estimate of drug-likeness (QED) is 0.763. The molecular formula is C18H32O4. The Morgan fingerprint density at radius 1 is 0.500 bits per heavy atom.